The Kier molecular flexibility index (Phi) is 6.50. The molecule has 7 rings (SSSR count). The number of hydrogen-bond acceptors (Lipinski definition) is 5. The van der Waals surface area contributed by atoms with E-state index in [-0.39, 0.29) is 11.3 Å². The van der Waals surface area contributed by atoms with Crippen LogP contribution in [0.4, 0.5) is 11.5 Å². The molecule has 3 aromatic rings. The summed E-state index contributed by atoms with van der Waals surface area (Å²) in [6, 6.07) is 14.3. The van der Waals surface area contributed by atoms with Crippen LogP contribution in [0.5, 0.6) is 0 Å². The standard InChI is InChI=1S/C29H35N4OS/c34-28(18-29-15-20-12-21(16-29)14-22(13-20)17-29)33-26-6-1-5-25-24(26)7-8-27(32-25)31-10-3-9-30-19-23-4-2-11-35-23/h1-2,4-8,11,19-22,30H,3,9-10,12-18H2,(H,31,32)(H,33,34). The summed E-state index contributed by atoms with van der Waals surface area (Å²) in [5.74, 6) is 3.66. The van der Waals surface area contributed by atoms with Gasteiger partial charge in [0.2, 0.25) is 5.91 Å². The van der Waals surface area contributed by atoms with E-state index >= 15 is 0 Å². The van der Waals surface area contributed by atoms with Crippen LogP contribution < -0.4 is 16.0 Å². The number of hydrogen-bond donors (Lipinski definition) is 3. The number of nitrogens with one attached hydrogen (secondary N) is 3. The number of pyridine rings is 1. The number of rotatable bonds is 10. The number of amides is 1. The molecule has 4 bridgehead atoms. The first kappa shape index (κ1) is 23.0. The van der Waals surface area contributed by atoms with Gasteiger partial charge in [-0.3, -0.25) is 4.79 Å². The van der Waals surface area contributed by atoms with Crippen LogP contribution in [0.3, 0.4) is 0 Å². The number of thiophene rings is 1. The van der Waals surface area contributed by atoms with Gasteiger partial charge in [0.15, 0.2) is 0 Å². The first-order valence-electron chi connectivity index (χ1n) is 13.2. The van der Waals surface area contributed by atoms with E-state index in [9.17, 15) is 4.79 Å². The van der Waals surface area contributed by atoms with Gasteiger partial charge in [-0.25, -0.2) is 4.98 Å². The second-order valence-corrected chi connectivity index (χ2v) is 12.1. The van der Waals surface area contributed by atoms with Gasteiger partial charge in [0.25, 0.3) is 0 Å². The van der Waals surface area contributed by atoms with Crippen LogP contribution in [0.2, 0.25) is 0 Å². The van der Waals surface area contributed by atoms with E-state index in [0.717, 1.165) is 59.7 Å². The summed E-state index contributed by atoms with van der Waals surface area (Å²) in [7, 11) is 0. The van der Waals surface area contributed by atoms with Crippen molar-refractivity contribution in [3.05, 3.63) is 59.3 Å². The third-order valence-corrected chi connectivity index (χ3v) is 9.12. The molecule has 4 aliphatic rings. The molecule has 4 fully saturated rings. The molecule has 0 aliphatic heterocycles. The van der Waals surface area contributed by atoms with Crippen LogP contribution in [-0.2, 0) is 4.79 Å². The molecule has 1 radical (unpaired) electrons. The Bertz CT molecular complexity index is 1140. The van der Waals surface area contributed by atoms with Crippen molar-refractivity contribution in [1.82, 2.24) is 10.3 Å². The molecular weight excluding hydrogens is 452 g/mol. The number of fused-ring (bicyclic) bond motifs is 1. The molecule has 183 valence electrons. The quantitative estimate of drug-likeness (QED) is 0.288. The Morgan fingerprint density at radius 1 is 1.00 bits per heavy atom. The molecule has 0 unspecified atom stereocenters. The second kappa shape index (κ2) is 9.90. The van der Waals surface area contributed by atoms with E-state index in [1.54, 1.807) is 11.3 Å². The first-order valence-corrected chi connectivity index (χ1v) is 14.1. The Balaban J connectivity index is 1.03. The fourth-order valence-electron chi connectivity index (χ4n) is 7.36. The largest absolute Gasteiger partial charge is 0.370 e. The van der Waals surface area contributed by atoms with E-state index in [1.807, 2.05) is 24.3 Å². The van der Waals surface area contributed by atoms with Crippen LogP contribution in [0.15, 0.2) is 47.8 Å². The summed E-state index contributed by atoms with van der Waals surface area (Å²) in [6.45, 7) is 3.83. The van der Waals surface area contributed by atoms with Crippen LogP contribution in [0.25, 0.3) is 10.9 Å². The van der Waals surface area contributed by atoms with Crippen molar-refractivity contribution >= 4 is 39.7 Å². The molecule has 0 saturated heterocycles. The van der Waals surface area contributed by atoms with Crippen LogP contribution in [0.1, 0.15) is 56.2 Å². The average Bonchev–Trinajstić information content (AvgIpc) is 3.34. The molecule has 0 atom stereocenters. The maximum Gasteiger partial charge on any atom is 0.224 e. The van der Waals surface area contributed by atoms with E-state index in [4.69, 9.17) is 4.98 Å². The molecular formula is C29H35N4OS. The highest BCUT2D eigenvalue weighted by Gasteiger charge is 2.51. The Hall–Kier alpha value is -2.44. The summed E-state index contributed by atoms with van der Waals surface area (Å²) in [6.07, 6.45) is 9.71. The van der Waals surface area contributed by atoms with Gasteiger partial charge >= 0.3 is 0 Å². The van der Waals surface area contributed by atoms with E-state index in [2.05, 4.69) is 46.1 Å². The molecule has 6 heteroatoms. The summed E-state index contributed by atoms with van der Waals surface area (Å²) in [4.78, 5) is 19.2. The minimum absolute atomic E-state index is 0.175. The number of nitrogens with zero attached hydrogens (tertiary/aromatic N) is 1. The molecule has 4 saturated carbocycles. The predicted molar refractivity (Wildman–Crippen MR) is 144 cm³/mol. The van der Waals surface area contributed by atoms with Crippen molar-refractivity contribution < 1.29 is 4.79 Å². The van der Waals surface area contributed by atoms with Gasteiger partial charge in [-0.2, -0.15) is 0 Å². The van der Waals surface area contributed by atoms with Crippen molar-refractivity contribution in [2.24, 2.45) is 23.2 Å². The lowest BCUT2D eigenvalue weighted by molar-refractivity contribution is -0.124. The Morgan fingerprint density at radius 2 is 1.80 bits per heavy atom. The minimum atomic E-state index is 0.175. The average molecular weight is 488 g/mol. The zero-order valence-electron chi connectivity index (χ0n) is 20.3. The van der Waals surface area contributed by atoms with Gasteiger partial charge < -0.3 is 16.0 Å². The van der Waals surface area contributed by atoms with Crippen molar-refractivity contribution in [1.29, 1.82) is 0 Å². The van der Waals surface area contributed by atoms with Crippen LogP contribution >= 0.6 is 11.3 Å². The molecule has 0 spiro atoms. The zero-order valence-corrected chi connectivity index (χ0v) is 21.1. The zero-order chi connectivity index (χ0) is 23.7. The summed E-state index contributed by atoms with van der Waals surface area (Å²) in [5.41, 5.74) is 2.05. The lowest BCUT2D eigenvalue weighted by Gasteiger charge is -2.56. The third kappa shape index (κ3) is 5.24. The fraction of sp³-hybridized carbons (Fsp3) is 0.483. The number of carbonyl (C=O) groups is 1. The second-order valence-electron chi connectivity index (χ2n) is 11.1. The summed E-state index contributed by atoms with van der Waals surface area (Å²) >= 11 is 1.73. The van der Waals surface area contributed by atoms with Gasteiger partial charge in [0.1, 0.15) is 5.82 Å². The van der Waals surface area contributed by atoms with Crippen molar-refractivity contribution in [3.8, 4) is 0 Å². The minimum Gasteiger partial charge on any atom is -0.370 e. The molecule has 2 aromatic heterocycles. The monoisotopic (exact) mass is 487 g/mol. The number of anilines is 2. The highest BCUT2D eigenvalue weighted by atomic mass is 32.1. The van der Waals surface area contributed by atoms with Gasteiger partial charge in [-0.15, -0.1) is 11.3 Å². The van der Waals surface area contributed by atoms with Gasteiger partial charge in [-0.1, -0.05) is 12.1 Å². The van der Waals surface area contributed by atoms with E-state index in [0.29, 0.717) is 6.42 Å². The normalized spacial score (nSPS) is 26.8. The van der Waals surface area contributed by atoms with Crippen LogP contribution in [-0.4, -0.2) is 24.0 Å². The van der Waals surface area contributed by atoms with Crippen molar-refractivity contribution in [2.45, 2.75) is 51.4 Å². The lowest BCUT2D eigenvalue weighted by atomic mass is 9.49. The topological polar surface area (TPSA) is 66.0 Å². The number of carbonyl (C=O) groups excluding carboxylic acids is 1. The third-order valence-electron chi connectivity index (χ3n) is 8.30. The highest BCUT2D eigenvalue weighted by molar-refractivity contribution is 7.10. The van der Waals surface area contributed by atoms with Crippen molar-refractivity contribution in [2.75, 3.05) is 23.7 Å². The lowest BCUT2D eigenvalue weighted by Crippen LogP contribution is -2.47. The van der Waals surface area contributed by atoms with E-state index < -0.39 is 0 Å². The predicted octanol–water partition coefficient (Wildman–Crippen LogP) is 6.44. The molecule has 3 N–H and O–H groups in total. The number of aromatic nitrogens is 1. The first-order chi connectivity index (χ1) is 17.1. The molecule has 2 heterocycles. The van der Waals surface area contributed by atoms with Gasteiger partial charge in [0, 0.05) is 23.2 Å². The van der Waals surface area contributed by atoms with Crippen LogP contribution in [0, 0.1) is 29.7 Å². The Labute approximate surface area is 212 Å². The molecule has 1 aromatic carbocycles. The molecule has 4 aliphatic carbocycles. The van der Waals surface area contributed by atoms with E-state index in [1.165, 1.54) is 43.4 Å². The SMILES string of the molecule is O=C(CC12CC3CC(CC(C3)C1)C2)Nc1cccc2nc(NCCCN[CH]c3cccs3)ccc12. The summed E-state index contributed by atoms with van der Waals surface area (Å²) in [5, 5.41) is 13.1. The van der Waals surface area contributed by atoms with Crippen molar-refractivity contribution in [3.63, 3.8) is 0 Å². The van der Waals surface area contributed by atoms with Gasteiger partial charge in [-0.05, 0) is 110 Å². The maximum absolute atomic E-state index is 13.2. The molecule has 1 amide bonds. The smallest absolute Gasteiger partial charge is 0.224 e. The summed E-state index contributed by atoms with van der Waals surface area (Å²) < 4.78 is 0. The molecule has 5 nitrogen and oxygen atoms in total. The maximum atomic E-state index is 13.2. The fourth-order valence-corrected chi connectivity index (χ4v) is 7.98. The number of benzene rings is 1. The van der Waals surface area contributed by atoms with Gasteiger partial charge in [0.05, 0.1) is 17.7 Å². The Morgan fingerprint density at radius 3 is 2.54 bits per heavy atom. The molecule has 35 heavy (non-hydrogen) atoms. The highest BCUT2D eigenvalue weighted by Crippen LogP contribution is 2.61.